The molecule has 35 heavy (non-hydrogen) atoms. The van der Waals surface area contributed by atoms with Crippen LogP contribution in [-0.4, -0.2) is 12.4 Å². The summed E-state index contributed by atoms with van der Waals surface area (Å²) in [7, 11) is 6.27. The van der Waals surface area contributed by atoms with Crippen LogP contribution in [0.1, 0.15) is 33.4 Å². The molecule has 2 heterocycles. The molecule has 0 saturated heterocycles. The Hall–Kier alpha value is -4.04. The van der Waals surface area contributed by atoms with Crippen LogP contribution in [0.5, 0.6) is 0 Å². The van der Waals surface area contributed by atoms with Crippen LogP contribution in [-0.2, 0) is 5.41 Å². The quantitative estimate of drug-likeness (QED) is 0.256. The number of para-hydroxylation sites is 2. The second-order valence-electron chi connectivity index (χ2n) is 9.81. The maximum atomic E-state index is 6.27. The van der Waals surface area contributed by atoms with Crippen molar-refractivity contribution in [3.63, 3.8) is 0 Å². The number of aryl methyl sites for hydroxylation is 2. The van der Waals surface area contributed by atoms with E-state index in [9.17, 15) is 0 Å². The fourth-order valence-corrected chi connectivity index (χ4v) is 6.17. The molecule has 1 nitrogen and oxygen atoms in total. The lowest BCUT2D eigenvalue weighted by molar-refractivity contribution is 0.727. The predicted molar refractivity (Wildman–Crippen MR) is 148 cm³/mol. The lowest BCUT2D eigenvalue weighted by Gasteiger charge is -2.41. The minimum Gasteiger partial charge on any atom is -0.309 e. The predicted octanol–water partition coefficient (Wildman–Crippen LogP) is 6.89. The third kappa shape index (κ3) is 2.65. The lowest BCUT2D eigenvalue weighted by Crippen LogP contribution is -2.35. The van der Waals surface area contributed by atoms with E-state index in [0.717, 1.165) is 5.46 Å². The molecular formula is C33H24BN. The summed E-state index contributed by atoms with van der Waals surface area (Å²) < 4.78 is 2.44. The summed E-state index contributed by atoms with van der Waals surface area (Å²) in [5.41, 5.74) is 11.7. The van der Waals surface area contributed by atoms with Crippen LogP contribution in [0.15, 0.2) is 109 Å². The van der Waals surface area contributed by atoms with Gasteiger partial charge in [-0.05, 0) is 48.2 Å². The molecule has 164 valence electrons. The van der Waals surface area contributed by atoms with E-state index in [-0.39, 0.29) is 0 Å². The van der Waals surface area contributed by atoms with E-state index in [1.54, 1.807) is 0 Å². The smallest absolute Gasteiger partial charge is 0.113 e. The van der Waals surface area contributed by atoms with Crippen molar-refractivity contribution in [2.75, 3.05) is 0 Å². The topological polar surface area (TPSA) is 4.93 Å². The van der Waals surface area contributed by atoms with Gasteiger partial charge >= 0.3 is 0 Å². The molecule has 1 aromatic heterocycles. The Balaban J connectivity index is 1.75. The van der Waals surface area contributed by atoms with Gasteiger partial charge in [-0.15, -0.1) is 0 Å². The Bertz CT molecular complexity index is 1710. The SMILES string of the molecule is [B]c1ccc2c(c1)c1cccc3c1n2-c1ccccc1C3(c1ccc(C)cc1)c1ccc(C)cc1. The molecule has 0 unspecified atom stereocenters. The van der Waals surface area contributed by atoms with Crippen LogP contribution < -0.4 is 5.46 Å². The average Bonchev–Trinajstić information content (AvgIpc) is 3.21. The van der Waals surface area contributed by atoms with Crippen LogP contribution in [0.3, 0.4) is 0 Å². The molecule has 0 atom stereocenters. The van der Waals surface area contributed by atoms with Crippen molar-refractivity contribution in [2.24, 2.45) is 0 Å². The van der Waals surface area contributed by atoms with Crippen molar-refractivity contribution in [1.29, 1.82) is 0 Å². The van der Waals surface area contributed by atoms with Crippen molar-refractivity contribution in [1.82, 2.24) is 4.57 Å². The highest BCUT2D eigenvalue weighted by molar-refractivity contribution is 6.34. The first-order valence-corrected chi connectivity index (χ1v) is 12.2. The zero-order valence-corrected chi connectivity index (χ0v) is 19.9. The molecular weight excluding hydrogens is 421 g/mol. The van der Waals surface area contributed by atoms with Gasteiger partial charge < -0.3 is 4.57 Å². The van der Waals surface area contributed by atoms with Gasteiger partial charge in [-0.25, -0.2) is 0 Å². The summed E-state index contributed by atoms with van der Waals surface area (Å²) in [4.78, 5) is 0. The van der Waals surface area contributed by atoms with Crippen molar-refractivity contribution < 1.29 is 0 Å². The molecule has 0 N–H and O–H groups in total. The second kappa shape index (κ2) is 7.23. The maximum absolute atomic E-state index is 6.27. The van der Waals surface area contributed by atoms with Gasteiger partial charge in [-0.1, -0.05) is 114 Å². The van der Waals surface area contributed by atoms with E-state index in [0.29, 0.717) is 0 Å². The molecule has 6 aromatic rings. The van der Waals surface area contributed by atoms with Crippen molar-refractivity contribution in [3.05, 3.63) is 143 Å². The number of nitrogens with zero attached hydrogens (tertiary/aromatic N) is 1. The Morgan fingerprint density at radius 2 is 1.23 bits per heavy atom. The van der Waals surface area contributed by atoms with Gasteiger partial charge in [0.15, 0.2) is 0 Å². The van der Waals surface area contributed by atoms with Gasteiger partial charge in [0.25, 0.3) is 0 Å². The highest BCUT2D eigenvalue weighted by Crippen LogP contribution is 2.54. The third-order valence-corrected chi connectivity index (χ3v) is 7.73. The Morgan fingerprint density at radius 3 is 1.91 bits per heavy atom. The van der Waals surface area contributed by atoms with Crippen LogP contribution >= 0.6 is 0 Å². The molecule has 5 aromatic carbocycles. The molecule has 2 heteroatoms. The van der Waals surface area contributed by atoms with Crippen LogP contribution in [0, 0.1) is 13.8 Å². The molecule has 0 amide bonds. The van der Waals surface area contributed by atoms with Crippen molar-refractivity contribution in [2.45, 2.75) is 19.3 Å². The number of rotatable bonds is 2. The molecule has 1 aliphatic rings. The fraction of sp³-hybridized carbons (Fsp3) is 0.0909. The van der Waals surface area contributed by atoms with Gasteiger partial charge in [0, 0.05) is 10.8 Å². The molecule has 0 bridgehead atoms. The molecule has 1 aliphatic heterocycles. The van der Waals surface area contributed by atoms with E-state index in [1.165, 1.54) is 60.9 Å². The summed E-state index contributed by atoms with van der Waals surface area (Å²) in [5, 5.41) is 2.43. The van der Waals surface area contributed by atoms with E-state index in [1.807, 2.05) is 6.07 Å². The van der Waals surface area contributed by atoms with Gasteiger partial charge in [0.05, 0.1) is 22.1 Å². The largest absolute Gasteiger partial charge is 0.309 e. The molecule has 2 radical (unpaired) electrons. The number of hydrogen-bond donors (Lipinski definition) is 0. The second-order valence-corrected chi connectivity index (χ2v) is 9.81. The van der Waals surface area contributed by atoms with E-state index in [4.69, 9.17) is 7.85 Å². The number of fused-ring (bicyclic) bond motifs is 5. The van der Waals surface area contributed by atoms with Crippen molar-refractivity contribution >= 4 is 35.1 Å². The van der Waals surface area contributed by atoms with E-state index in [2.05, 4.69) is 122 Å². The zero-order valence-electron chi connectivity index (χ0n) is 19.9. The molecule has 7 rings (SSSR count). The molecule has 0 aliphatic carbocycles. The Labute approximate surface area is 207 Å². The highest BCUT2D eigenvalue weighted by atomic mass is 15.0. The molecule has 0 saturated carbocycles. The molecule has 0 spiro atoms. The van der Waals surface area contributed by atoms with E-state index < -0.39 is 5.41 Å². The summed E-state index contributed by atoms with van der Waals surface area (Å²) in [6, 6.07) is 40.1. The zero-order chi connectivity index (χ0) is 23.7. The highest BCUT2D eigenvalue weighted by Gasteiger charge is 2.45. The Kier molecular flexibility index (Phi) is 4.20. The third-order valence-electron chi connectivity index (χ3n) is 7.73. The van der Waals surface area contributed by atoms with Gasteiger partial charge in [-0.2, -0.15) is 0 Å². The Morgan fingerprint density at radius 1 is 0.600 bits per heavy atom. The molecule has 0 fully saturated rings. The number of hydrogen-bond acceptors (Lipinski definition) is 0. The van der Waals surface area contributed by atoms with E-state index >= 15 is 0 Å². The monoisotopic (exact) mass is 445 g/mol. The standard InChI is InChI=1S/C33H24BN/c1-21-10-14-23(15-11-21)33(24-16-12-22(2)13-17-24)28-7-3-4-9-31(28)35-30-19-18-25(34)20-27(30)26-6-5-8-29(33)32(26)35/h3-20H,1-2H3. The first-order valence-electron chi connectivity index (χ1n) is 12.2. The lowest BCUT2D eigenvalue weighted by atomic mass is 9.63. The summed E-state index contributed by atoms with van der Waals surface area (Å²) in [6.45, 7) is 4.31. The van der Waals surface area contributed by atoms with Crippen molar-refractivity contribution in [3.8, 4) is 5.69 Å². The minimum absolute atomic E-state index is 0.437. The van der Waals surface area contributed by atoms with Gasteiger partial charge in [0.2, 0.25) is 0 Å². The summed E-state index contributed by atoms with van der Waals surface area (Å²) in [5.74, 6) is 0. The fourth-order valence-electron chi connectivity index (χ4n) is 6.17. The van der Waals surface area contributed by atoms with Crippen LogP contribution in [0.25, 0.3) is 27.5 Å². The first-order chi connectivity index (χ1) is 17.1. The average molecular weight is 445 g/mol. The van der Waals surface area contributed by atoms with Crippen LogP contribution in [0.4, 0.5) is 0 Å². The van der Waals surface area contributed by atoms with Gasteiger partial charge in [-0.3, -0.25) is 0 Å². The summed E-state index contributed by atoms with van der Waals surface area (Å²) in [6.07, 6.45) is 0. The summed E-state index contributed by atoms with van der Waals surface area (Å²) >= 11 is 0. The normalized spacial score (nSPS) is 13.8. The number of benzene rings is 5. The first kappa shape index (κ1) is 20.3. The number of aromatic nitrogens is 1. The maximum Gasteiger partial charge on any atom is 0.113 e. The van der Waals surface area contributed by atoms with Crippen LogP contribution in [0.2, 0.25) is 0 Å². The minimum atomic E-state index is -0.437. The van der Waals surface area contributed by atoms with Gasteiger partial charge in [0.1, 0.15) is 7.85 Å².